The van der Waals surface area contributed by atoms with E-state index in [1.807, 2.05) is 64.9 Å². The monoisotopic (exact) mass is 681 g/mol. The molecule has 1 aromatic carbocycles. The number of likely N-dealkylation sites (N-methyl/N-ethyl adjacent to an activating group) is 1. The van der Waals surface area contributed by atoms with Crippen LogP contribution in [0, 0.1) is 0 Å². The average molecular weight is 682 g/mol. The van der Waals surface area contributed by atoms with Crippen molar-refractivity contribution in [2.75, 3.05) is 132 Å². The lowest BCUT2D eigenvalue weighted by Crippen LogP contribution is -2.49. The number of ether oxygens (including phenoxy) is 4. The number of nitrogens with zero attached hydrogens (tertiary/aromatic N) is 9. The van der Waals surface area contributed by atoms with Crippen molar-refractivity contribution in [3.8, 4) is 0 Å². The summed E-state index contributed by atoms with van der Waals surface area (Å²) in [4.78, 5) is 43.8. The summed E-state index contributed by atoms with van der Waals surface area (Å²) >= 11 is 0. The number of hydrogen-bond acceptors (Lipinski definition) is 13. The smallest absolute Gasteiger partial charge is 0.241 e. The van der Waals surface area contributed by atoms with Crippen LogP contribution in [0.15, 0.2) is 30.3 Å². The Morgan fingerprint density at radius 2 is 1.20 bits per heavy atom. The van der Waals surface area contributed by atoms with Gasteiger partial charge in [0.05, 0.1) is 33.0 Å². The highest BCUT2D eigenvalue weighted by atomic mass is 16.5. The number of benzene rings is 1. The van der Waals surface area contributed by atoms with Crippen molar-refractivity contribution in [2.24, 2.45) is 0 Å². The highest BCUT2D eigenvalue weighted by Crippen LogP contribution is 2.33. The van der Waals surface area contributed by atoms with Crippen molar-refractivity contribution in [2.45, 2.75) is 34.2 Å². The largest absolute Gasteiger partial charge is 0.380 e. The van der Waals surface area contributed by atoms with Gasteiger partial charge in [0.1, 0.15) is 11.0 Å². The lowest BCUT2D eigenvalue weighted by Gasteiger charge is -2.34. The number of carbonyl (C=O) groups excluding carboxylic acids is 1. The molecule has 1 aliphatic rings. The van der Waals surface area contributed by atoms with Gasteiger partial charge in [-0.1, -0.05) is 30.3 Å². The van der Waals surface area contributed by atoms with Gasteiger partial charge in [-0.05, 0) is 33.3 Å². The van der Waals surface area contributed by atoms with Gasteiger partial charge in [0, 0.05) is 86.3 Å². The molecule has 270 valence electrons. The van der Waals surface area contributed by atoms with E-state index in [0.29, 0.717) is 133 Å². The van der Waals surface area contributed by atoms with Crippen molar-refractivity contribution in [1.29, 1.82) is 0 Å². The first-order valence-electron chi connectivity index (χ1n) is 17.5. The van der Waals surface area contributed by atoms with E-state index in [1.54, 1.807) is 4.90 Å². The first-order valence-corrected chi connectivity index (χ1v) is 17.5. The zero-order valence-electron chi connectivity index (χ0n) is 30.3. The Bertz CT molecular complexity index is 1410. The van der Waals surface area contributed by atoms with Crippen molar-refractivity contribution in [1.82, 2.24) is 24.8 Å². The molecular formula is C35H55N9O5. The number of carbonyl (C=O) groups is 1. The van der Waals surface area contributed by atoms with Crippen LogP contribution in [0.25, 0.3) is 11.0 Å². The highest BCUT2D eigenvalue weighted by molar-refractivity contribution is 5.96. The number of rotatable bonds is 22. The minimum absolute atomic E-state index is 0.0230. The van der Waals surface area contributed by atoms with Crippen molar-refractivity contribution in [3.05, 3.63) is 35.9 Å². The molecule has 3 aromatic rings. The topological polar surface area (TPSA) is 122 Å². The molecule has 4 rings (SSSR count). The lowest BCUT2D eigenvalue weighted by molar-refractivity contribution is -0.129. The molecule has 14 heteroatoms. The molecule has 0 aliphatic carbocycles. The number of fused-ring (bicyclic) bond motifs is 1. The van der Waals surface area contributed by atoms with E-state index in [0.717, 1.165) is 5.56 Å². The van der Waals surface area contributed by atoms with Crippen molar-refractivity contribution < 1.29 is 23.7 Å². The maximum Gasteiger partial charge on any atom is 0.241 e. The molecule has 2 aromatic heterocycles. The summed E-state index contributed by atoms with van der Waals surface area (Å²) in [6, 6.07) is 10.3. The second kappa shape index (κ2) is 20.0. The standard InChI is InChI=1S/C35H55N9O5/c1-7-46-22-18-42(19-23-47-8-2)34-37-31-30(32(38-34)41(6)26-28-14-12-11-13-15-28)36-35(43(20-24-48-9-3)21-25-49-10-4)39-33(31)44-17-16-40(5)29(45)27-44/h11-15H,7-10,16-27H2,1-6H3. The van der Waals surface area contributed by atoms with E-state index < -0.39 is 0 Å². The molecular weight excluding hydrogens is 626 g/mol. The molecule has 14 nitrogen and oxygen atoms in total. The predicted octanol–water partition coefficient (Wildman–Crippen LogP) is 3.09. The summed E-state index contributed by atoms with van der Waals surface area (Å²) in [5.74, 6) is 2.34. The van der Waals surface area contributed by atoms with Crippen LogP contribution in [0.5, 0.6) is 0 Å². The molecule has 1 aliphatic heterocycles. The lowest BCUT2D eigenvalue weighted by atomic mass is 10.2. The maximum atomic E-state index is 13.0. The first kappa shape index (κ1) is 38.0. The minimum atomic E-state index is 0.0230. The van der Waals surface area contributed by atoms with E-state index >= 15 is 0 Å². The molecule has 0 spiro atoms. The van der Waals surface area contributed by atoms with Crippen LogP contribution >= 0.6 is 0 Å². The van der Waals surface area contributed by atoms with Gasteiger partial charge < -0.3 is 43.4 Å². The molecule has 1 fully saturated rings. The van der Waals surface area contributed by atoms with Crippen LogP contribution in [0.2, 0.25) is 0 Å². The van der Waals surface area contributed by atoms with Crippen LogP contribution in [-0.4, -0.2) is 144 Å². The van der Waals surface area contributed by atoms with Gasteiger partial charge in [-0.3, -0.25) is 4.79 Å². The van der Waals surface area contributed by atoms with E-state index in [9.17, 15) is 4.79 Å². The zero-order chi connectivity index (χ0) is 35.0. The fourth-order valence-corrected chi connectivity index (χ4v) is 5.50. The summed E-state index contributed by atoms with van der Waals surface area (Å²) in [6.45, 7) is 16.7. The summed E-state index contributed by atoms with van der Waals surface area (Å²) in [5, 5.41) is 0. The molecule has 1 saturated heterocycles. The Labute approximate surface area is 291 Å². The fourth-order valence-electron chi connectivity index (χ4n) is 5.50. The second-order valence-corrected chi connectivity index (χ2v) is 11.7. The molecule has 3 heterocycles. The number of amides is 1. The van der Waals surface area contributed by atoms with Gasteiger partial charge in [0.15, 0.2) is 11.6 Å². The third kappa shape index (κ3) is 10.8. The maximum absolute atomic E-state index is 13.0. The van der Waals surface area contributed by atoms with Crippen LogP contribution in [0.4, 0.5) is 23.5 Å². The van der Waals surface area contributed by atoms with Gasteiger partial charge in [0.2, 0.25) is 17.8 Å². The molecule has 0 bridgehead atoms. The average Bonchev–Trinajstić information content (AvgIpc) is 3.11. The predicted molar refractivity (Wildman–Crippen MR) is 194 cm³/mol. The van der Waals surface area contributed by atoms with E-state index in [2.05, 4.69) is 26.8 Å². The summed E-state index contributed by atoms with van der Waals surface area (Å²) in [7, 11) is 3.85. The van der Waals surface area contributed by atoms with E-state index in [-0.39, 0.29) is 12.5 Å². The molecule has 0 radical (unpaired) electrons. The quantitative estimate of drug-likeness (QED) is 0.145. The van der Waals surface area contributed by atoms with Gasteiger partial charge in [0.25, 0.3) is 0 Å². The molecule has 0 unspecified atom stereocenters. The molecule has 1 amide bonds. The van der Waals surface area contributed by atoms with Crippen molar-refractivity contribution in [3.63, 3.8) is 0 Å². The first-order chi connectivity index (χ1) is 23.9. The van der Waals surface area contributed by atoms with Gasteiger partial charge in [-0.15, -0.1) is 0 Å². The van der Waals surface area contributed by atoms with Crippen LogP contribution in [-0.2, 0) is 30.3 Å². The number of anilines is 4. The molecule has 0 N–H and O–H groups in total. The summed E-state index contributed by atoms with van der Waals surface area (Å²) in [6.07, 6.45) is 0. The molecule has 0 atom stereocenters. The number of hydrogen-bond donors (Lipinski definition) is 0. The second-order valence-electron chi connectivity index (χ2n) is 11.7. The Morgan fingerprint density at radius 3 is 1.71 bits per heavy atom. The highest BCUT2D eigenvalue weighted by Gasteiger charge is 2.29. The van der Waals surface area contributed by atoms with Gasteiger partial charge in [-0.2, -0.15) is 9.97 Å². The normalized spacial score (nSPS) is 13.4. The minimum Gasteiger partial charge on any atom is -0.380 e. The third-order valence-corrected chi connectivity index (χ3v) is 8.27. The fraction of sp³-hybridized carbons (Fsp3) is 0.629. The Hall–Kier alpha value is -3.85. The SMILES string of the molecule is CCOCCN(CCOCC)c1nc(N2CCN(C)C(=O)C2)c2nc(N(CCOCC)CCOCC)nc(N(C)Cc3ccccc3)c2n1. The molecule has 49 heavy (non-hydrogen) atoms. The Kier molecular flexibility index (Phi) is 15.5. The van der Waals surface area contributed by atoms with Crippen LogP contribution in [0.3, 0.4) is 0 Å². The van der Waals surface area contributed by atoms with Gasteiger partial charge >= 0.3 is 0 Å². The van der Waals surface area contributed by atoms with Crippen LogP contribution in [0.1, 0.15) is 33.3 Å². The van der Waals surface area contributed by atoms with Crippen LogP contribution < -0.4 is 19.6 Å². The van der Waals surface area contributed by atoms with E-state index in [4.69, 9.17) is 38.9 Å². The van der Waals surface area contributed by atoms with E-state index in [1.165, 1.54) is 0 Å². The third-order valence-electron chi connectivity index (χ3n) is 8.27. The number of aromatic nitrogens is 4. The number of piperazine rings is 1. The van der Waals surface area contributed by atoms with Gasteiger partial charge in [-0.25, -0.2) is 9.97 Å². The van der Waals surface area contributed by atoms with Crippen molar-refractivity contribution >= 4 is 40.5 Å². The molecule has 0 saturated carbocycles. The zero-order valence-corrected chi connectivity index (χ0v) is 30.3. The Balaban J connectivity index is 1.93. The Morgan fingerprint density at radius 1 is 0.694 bits per heavy atom. The summed E-state index contributed by atoms with van der Waals surface area (Å²) < 4.78 is 23.0. The summed E-state index contributed by atoms with van der Waals surface area (Å²) in [5.41, 5.74) is 2.34.